The summed E-state index contributed by atoms with van der Waals surface area (Å²) in [7, 11) is 0. The number of nitrogens with one attached hydrogen (secondary N) is 4. The van der Waals surface area contributed by atoms with Crippen molar-refractivity contribution >= 4 is 40.6 Å². The van der Waals surface area contributed by atoms with Gasteiger partial charge in [0.15, 0.2) is 0 Å². The fourth-order valence-electron chi connectivity index (χ4n) is 2.83. The smallest absolute Gasteiger partial charge is 0.408 e. The van der Waals surface area contributed by atoms with Gasteiger partial charge in [-0.3, -0.25) is 25.2 Å². The Morgan fingerprint density at radius 1 is 1.06 bits per heavy atom. The molecule has 0 spiro atoms. The fourth-order valence-corrected chi connectivity index (χ4v) is 3.29. The van der Waals surface area contributed by atoms with Crippen LogP contribution in [0.2, 0.25) is 0 Å². The molecule has 0 aliphatic rings. The van der Waals surface area contributed by atoms with Crippen LogP contribution in [0.5, 0.6) is 0 Å². The van der Waals surface area contributed by atoms with Crippen molar-refractivity contribution in [1.29, 1.82) is 0 Å². The Balaban J connectivity index is 2.61. The minimum Gasteiger partial charge on any atom is -0.444 e. The van der Waals surface area contributed by atoms with Gasteiger partial charge in [0, 0.05) is 12.3 Å². The predicted molar refractivity (Wildman–Crippen MR) is 137 cm³/mol. The largest absolute Gasteiger partial charge is 0.444 e. The van der Waals surface area contributed by atoms with Crippen LogP contribution < -0.4 is 21.5 Å². The second kappa shape index (κ2) is 15.3. The molecule has 11 heteroatoms. The van der Waals surface area contributed by atoms with Crippen LogP contribution in [-0.4, -0.2) is 53.3 Å². The highest BCUT2D eigenvalue weighted by atomic mass is 32.2. The average molecular weight is 511 g/mol. The first-order chi connectivity index (χ1) is 16.5. The van der Waals surface area contributed by atoms with E-state index in [1.807, 2.05) is 32.0 Å². The zero-order chi connectivity index (χ0) is 26.4. The molecular formula is C24H38N4O6S. The van der Waals surface area contributed by atoms with E-state index in [0.29, 0.717) is 24.1 Å². The third-order valence-corrected chi connectivity index (χ3v) is 5.37. The molecule has 1 aromatic rings. The van der Waals surface area contributed by atoms with E-state index in [0.717, 1.165) is 24.8 Å². The van der Waals surface area contributed by atoms with Crippen molar-refractivity contribution in [2.75, 3.05) is 17.7 Å². The molecule has 35 heavy (non-hydrogen) atoms. The highest BCUT2D eigenvalue weighted by Crippen LogP contribution is 2.16. The summed E-state index contributed by atoms with van der Waals surface area (Å²) in [5, 5.41) is 4.63. The monoisotopic (exact) mass is 510 g/mol. The summed E-state index contributed by atoms with van der Waals surface area (Å²) in [5.74, 6) is -1.18. The van der Waals surface area contributed by atoms with E-state index < -0.39 is 35.0 Å². The highest BCUT2D eigenvalue weighted by molar-refractivity contribution is 8.14. The summed E-state index contributed by atoms with van der Waals surface area (Å²) >= 11 is 0.698. The van der Waals surface area contributed by atoms with E-state index in [9.17, 15) is 19.2 Å². The Bertz CT molecular complexity index is 859. The summed E-state index contributed by atoms with van der Waals surface area (Å²) in [5.41, 5.74) is 5.45. The van der Waals surface area contributed by atoms with Gasteiger partial charge in [0.2, 0.25) is 5.91 Å². The van der Waals surface area contributed by atoms with E-state index >= 15 is 0 Å². The van der Waals surface area contributed by atoms with Crippen molar-refractivity contribution < 1.29 is 28.7 Å². The normalized spacial score (nSPS) is 12.7. The van der Waals surface area contributed by atoms with Crippen LogP contribution in [0.3, 0.4) is 0 Å². The second-order valence-electron chi connectivity index (χ2n) is 8.80. The van der Waals surface area contributed by atoms with Crippen LogP contribution in [0.25, 0.3) is 0 Å². The summed E-state index contributed by atoms with van der Waals surface area (Å²) in [6.45, 7) is 11.2. The number of rotatable bonds is 11. The molecule has 1 unspecified atom stereocenters. The molecule has 0 bridgehead atoms. The van der Waals surface area contributed by atoms with Crippen LogP contribution in [0, 0.1) is 0 Å². The lowest BCUT2D eigenvalue weighted by molar-refractivity contribution is -0.127. The molecule has 0 saturated heterocycles. The molecule has 0 aliphatic carbocycles. The SMILES string of the molecule is CCCCOC(C)[C@H](NC(=O)OC(C)(C)C)C(=O)NNC(=O)SCC(=O)Nc1ccccc1CC. The fraction of sp³-hybridized carbons (Fsp3) is 0.583. The lowest BCUT2D eigenvalue weighted by Gasteiger charge is -2.26. The first-order valence-corrected chi connectivity index (χ1v) is 12.7. The van der Waals surface area contributed by atoms with Gasteiger partial charge in [-0.05, 0) is 52.2 Å². The summed E-state index contributed by atoms with van der Waals surface area (Å²) in [6, 6.07) is 6.31. The van der Waals surface area contributed by atoms with Gasteiger partial charge in [0.1, 0.15) is 11.6 Å². The lowest BCUT2D eigenvalue weighted by Crippen LogP contribution is -2.57. The number of anilines is 1. The van der Waals surface area contributed by atoms with Gasteiger partial charge in [-0.1, -0.05) is 50.2 Å². The number of carbonyl (C=O) groups is 4. The third-order valence-electron chi connectivity index (χ3n) is 4.60. The number of thioether (sulfide) groups is 1. The van der Waals surface area contributed by atoms with E-state index in [4.69, 9.17) is 9.47 Å². The first-order valence-electron chi connectivity index (χ1n) is 11.7. The van der Waals surface area contributed by atoms with E-state index in [2.05, 4.69) is 21.5 Å². The molecule has 196 valence electrons. The van der Waals surface area contributed by atoms with Gasteiger partial charge in [0.25, 0.3) is 11.1 Å². The first kappa shape index (κ1) is 30.2. The number of aryl methyl sites for hydroxylation is 1. The Hall–Kier alpha value is -2.79. The summed E-state index contributed by atoms with van der Waals surface area (Å²) < 4.78 is 10.9. The molecule has 1 aromatic carbocycles. The number of para-hydroxylation sites is 1. The Kier molecular flexibility index (Phi) is 13.2. The number of hydrogen-bond donors (Lipinski definition) is 4. The van der Waals surface area contributed by atoms with Gasteiger partial charge in [0.05, 0.1) is 11.9 Å². The topological polar surface area (TPSA) is 135 Å². The lowest BCUT2D eigenvalue weighted by atomic mass is 10.1. The van der Waals surface area contributed by atoms with Crippen LogP contribution in [0.1, 0.15) is 59.9 Å². The maximum Gasteiger partial charge on any atom is 0.408 e. The van der Waals surface area contributed by atoms with Crippen LogP contribution in [0.15, 0.2) is 24.3 Å². The maximum absolute atomic E-state index is 12.7. The van der Waals surface area contributed by atoms with Gasteiger partial charge in [-0.25, -0.2) is 4.79 Å². The number of alkyl carbamates (subject to hydrolysis) is 1. The third kappa shape index (κ3) is 12.5. The molecule has 0 aliphatic heterocycles. The van der Waals surface area contributed by atoms with Crippen molar-refractivity contribution in [3.63, 3.8) is 0 Å². The predicted octanol–water partition coefficient (Wildman–Crippen LogP) is 3.76. The van der Waals surface area contributed by atoms with Gasteiger partial charge >= 0.3 is 6.09 Å². The number of carbonyl (C=O) groups excluding carboxylic acids is 4. The molecule has 1 rings (SSSR count). The minimum absolute atomic E-state index is 0.143. The zero-order valence-corrected chi connectivity index (χ0v) is 22.2. The summed E-state index contributed by atoms with van der Waals surface area (Å²) in [4.78, 5) is 49.3. The van der Waals surface area contributed by atoms with E-state index in [1.54, 1.807) is 33.8 Å². The molecule has 0 aromatic heterocycles. The molecule has 4 N–H and O–H groups in total. The van der Waals surface area contributed by atoms with Crippen LogP contribution in [-0.2, 0) is 25.5 Å². The van der Waals surface area contributed by atoms with Crippen LogP contribution >= 0.6 is 11.8 Å². The minimum atomic E-state index is -1.11. The number of ether oxygens (including phenoxy) is 2. The molecule has 4 amide bonds. The Morgan fingerprint density at radius 2 is 1.74 bits per heavy atom. The van der Waals surface area contributed by atoms with E-state index in [-0.39, 0.29) is 11.7 Å². The van der Waals surface area contributed by atoms with Crippen LogP contribution in [0.4, 0.5) is 15.3 Å². The molecule has 0 heterocycles. The van der Waals surface area contributed by atoms with E-state index in [1.165, 1.54) is 0 Å². The van der Waals surface area contributed by atoms with Crippen molar-refractivity contribution in [2.45, 2.75) is 78.6 Å². The Morgan fingerprint density at radius 3 is 2.37 bits per heavy atom. The van der Waals surface area contributed by atoms with Crippen molar-refractivity contribution in [1.82, 2.24) is 16.2 Å². The number of hydrazine groups is 1. The standard InChI is InChI=1S/C24H38N4O6S/c1-7-9-14-33-16(3)20(26-22(31)34-24(4,5)6)21(30)27-28-23(32)35-15-19(29)25-18-13-11-10-12-17(18)8-2/h10-13,16,20H,7-9,14-15H2,1-6H3,(H,25,29)(H,26,31)(H,27,30)(H,28,32)/t16?,20-/m0/s1. The molecule has 0 saturated carbocycles. The van der Waals surface area contributed by atoms with Gasteiger partial charge in [-0.2, -0.15) is 0 Å². The second-order valence-corrected chi connectivity index (χ2v) is 9.75. The highest BCUT2D eigenvalue weighted by Gasteiger charge is 2.30. The number of hydrogen-bond acceptors (Lipinski definition) is 7. The molecule has 0 fully saturated rings. The van der Waals surface area contributed by atoms with Crippen molar-refractivity contribution in [2.24, 2.45) is 0 Å². The molecule has 0 radical (unpaired) electrons. The molecular weight excluding hydrogens is 472 g/mol. The Labute approximate surface area is 211 Å². The molecule has 2 atom stereocenters. The average Bonchev–Trinajstić information content (AvgIpc) is 2.79. The number of unbranched alkanes of at least 4 members (excludes halogenated alkanes) is 1. The zero-order valence-electron chi connectivity index (χ0n) is 21.4. The summed E-state index contributed by atoms with van der Waals surface area (Å²) in [6.07, 6.45) is 1.00. The van der Waals surface area contributed by atoms with Gasteiger partial charge in [-0.15, -0.1) is 0 Å². The van der Waals surface area contributed by atoms with Crippen molar-refractivity contribution in [3.8, 4) is 0 Å². The maximum atomic E-state index is 12.7. The van der Waals surface area contributed by atoms with Crippen molar-refractivity contribution in [3.05, 3.63) is 29.8 Å². The quantitative estimate of drug-likeness (QED) is 0.263. The number of benzene rings is 1. The molecule has 10 nitrogen and oxygen atoms in total. The number of amides is 4. The van der Waals surface area contributed by atoms with Gasteiger partial charge < -0.3 is 20.1 Å².